The molecule has 0 radical (unpaired) electrons. The first-order chi connectivity index (χ1) is 9.76. The second-order valence-electron chi connectivity index (χ2n) is 4.23. The average molecular weight is 271 g/mol. The Morgan fingerprint density at radius 2 is 2.05 bits per heavy atom. The monoisotopic (exact) mass is 271 g/mol. The lowest BCUT2D eigenvalue weighted by molar-refractivity contribution is 0.318. The largest absolute Gasteiger partial charge is 0.409 e. The van der Waals surface area contributed by atoms with Crippen molar-refractivity contribution in [3.05, 3.63) is 54.0 Å². The molecule has 0 aliphatic heterocycles. The molecule has 0 saturated heterocycles. The van der Waals surface area contributed by atoms with Crippen LogP contribution in [0.4, 0.5) is 5.82 Å². The second kappa shape index (κ2) is 6.51. The molecule has 104 valence electrons. The van der Waals surface area contributed by atoms with Crippen LogP contribution in [0, 0.1) is 0 Å². The lowest BCUT2D eigenvalue weighted by Crippen LogP contribution is -2.27. The third-order valence-corrected chi connectivity index (χ3v) is 2.97. The van der Waals surface area contributed by atoms with Crippen LogP contribution >= 0.6 is 0 Å². The number of pyridine rings is 2. The molecule has 20 heavy (non-hydrogen) atoms. The topological polar surface area (TPSA) is 87.6 Å². The van der Waals surface area contributed by atoms with Gasteiger partial charge in [0.2, 0.25) is 0 Å². The zero-order valence-electron chi connectivity index (χ0n) is 11.3. The van der Waals surface area contributed by atoms with Crippen molar-refractivity contribution in [2.45, 2.75) is 13.5 Å². The van der Waals surface area contributed by atoms with Crippen molar-refractivity contribution in [2.75, 3.05) is 11.4 Å². The molecule has 0 atom stereocenters. The van der Waals surface area contributed by atoms with Gasteiger partial charge in [0.25, 0.3) is 0 Å². The van der Waals surface area contributed by atoms with Gasteiger partial charge in [-0.15, -0.1) is 0 Å². The van der Waals surface area contributed by atoms with E-state index in [0.717, 1.165) is 12.1 Å². The van der Waals surface area contributed by atoms with E-state index in [0.29, 0.717) is 17.9 Å². The van der Waals surface area contributed by atoms with Gasteiger partial charge in [0, 0.05) is 31.7 Å². The molecule has 0 unspecified atom stereocenters. The van der Waals surface area contributed by atoms with Crippen LogP contribution in [0.15, 0.2) is 48.0 Å². The third kappa shape index (κ3) is 3.03. The fraction of sp³-hybridized carbons (Fsp3) is 0.214. The van der Waals surface area contributed by atoms with Crippen molar-refractivity contribution in [2.24, 2.45) is 10.9 Å². The number of hydrogen-bond donors (Lipinski definition) is 2. The van der Waals surface area contributed by atoms with Crippen molar-refractivity contribution in [3.8, 4) is 0 Å². The van der Waals surface area contributed by atoms with E-state index >= 15 is 0 Å². The highest BCUT2D eigenvalue weighted by atomic mass is 16.4. The Hall–Kier alpha value is -2.63. The molecular formula is C14H17N5O. The van der Waals surface area contributed by atoms with Crippen molar-refractivity contribution >= 4 is 11.7 Å². The van der Waals surface area contributed by atoms with Crippen molar-refractivity contribution in [1.29, 1.82) is 0 Å². The van der Waals surface area contributed by atoms with Gasteiger partial charge in [-0.1, -0.05) is 5.16 Å². The van der Waals surface area contributed by atoms with E-state index in [1.54, 1.807) is 30.7 Å². The predicted molar refractivity (Wildman–Crippen MR) is 77.7 cm³/mol. The molecule has 2 rings (SSSR count). The molecule has 2 aromatic heterocycles. The highest BCUT2D eigenvalue weighted by Crippen LogP contribution is 2.19. The van der Waals surface area contributed by atoms with Crippen molar-refractivity contribution in [1.82, 2.24) is 9.97 Å². The van der Waals surface area contributed by atoms with Crippen LogP contribution in [-0.2, 0) is 6.54 Å². The first-order valence-corrected chi connectivity index (χ1v) is 6.33. The number of amidine groups is 1. The molecule has 0 bridgehead atoms. The molecule has 2 aromatic rings. The van der Waals surface area contributed by atoms with Gasteiger partial charge in [0.1, 0.15) is 5.82 Å². The summed E-state index contributed by atoms with van der Waals surface area (Å²) in [5.41, 5.74) is 7.44. The van der Waals surface area contributed by atoms with Gasteiger partial charge in [-0.25, -0.2) is 4.98 Å². The normalized spacial score (nSPS) is 11.3. The van der Waals surface area contributed by atoms with Gasteiger partial charge in [-0.3, -0.25) is 4.98 Å². The van der Waals surface area contributed by atoms with Crippen LogP contribution in [0.3, 0.4) is 0 Å². The van der Waals surface area contributed by atoms with E-state index in [2.05, 4.69) is 20.0 Å². The van der Waals surface area contributed by atoms with Crippen LogP contribution in [0.2, 0.25) is 0 Å². The third-order valence-electron chi connectivity index (χ3n) is 2.97. The van der Waals surface area contributed by atoms with Gasteiger partial charge in [0.15, 0.2) is 5.84 Å². The van der Waals surface area contributed by atoms with Gasteiger partial charge < -0.3 is 15.8 Å². The average Bonchev–Trinajstić information content (AvgIpc) is 2.53. The fourth-order valence-corrected chi connectivity index (χ4v) is 1.95. The van der Waals surface area contributed by atoms with Gasteiger partial charge >= 0.3 is 0 Å². The maximum Gasteiger partial charge on any atom is 0.173 e. The van der Waals surface area contributed by atoms with Crippen LogP contribution in [-0.4, -0.2) is 27.6 Å². The Morgan fingerprint density at radius 3 is 2.70 bits per heavy atom. The highest BCUT2D eigenvalue weighted by molar-refractivity contribution is 6.01. The Morgan fingerprint density at radius 1 is 1.30 bits per heavy atom. The summed E-state index contributed by atoms with van der Waals surface area (Å²) in [5, 5.41) is 11.9. The zero-order chi connectivity index (χ0) is 14.4. The van der Waals surface area contributed by atoms with Gasteiger partial charge in [0.05, 0.1) is 5.56 Å². The predicted octanol–water partition coefficient (Wildman–Crippen LogP) is 1.60. The lowest BCUT2D eigenvalue weighted by atomic mass is 10.2. The molecule has 0 aliphatic rings. The Kier molecular flexibility index (Phi) is 4.49. The van der Waals surface area contributed by atoms with E-state index in [1.165, 1.54) is 0 Å². The van der Waals surface area contributed by atoms with Crippen LogP contribution in [0.1, 0.15) is 18.1 Å². The fourth-order valence-electron chi connectivity index (χ4n) is 1.95. The van der Waals surface area contributed by atoms with E-state index in [9.17, 15) is 0 Å². The molecule has 6 heteroatoms. The minimum absolute atomic E-state index is 0.0567. The summed E-state index contributed by atoms with van der Waals surface area (Å²) in [4.78, 5) is 10.4. The summed E-state index contributed by atoms with van der Waals surface area (Å²) in [6, 6.07) is 7.45. The number of nitrogens with zero attached hydrogens (tertiary/aromatic N) is 4. The molecule has 0 aliphatic carbocycles. The van der Waals surface area contributed by atoms with Gasteiger partial charge in [-0.05, 0) is 36.8 Å². The molecule has 0 saturated carbocycles. The summed E-state index contributed by atoms with van der Waals surface area (Å²) in [7, 11) is 0. The van der Waals surface area contributed by atoms with E-state index in [-0.39, 0.29) is 5.84 Å². The second-order valence-corrected chi connectivity index (χ2v) is 4.23. The first-order valence-electron chi connectivity index (χ1n) is 6.33. The molecule has 6 nitrogen and oxygen atoms in total. The smallest absolute Gasteiger partial charge is 0.173 e. The number of aromatic nitrogens is 2. The standard InChI is InChI=1S/C14H17N5O/c1-2-19(10-11-5-8-16-9-6-11)14-12(13(15)18-20)4-3-7-17-14/h3-9,20H,2,10H2,1H3,(H2,15,18). The van der Waals surface area contributed by atoms with Crippen LogP contribution in [0.25, 0.3) is 0 Å². The SMILES string of the molecule is CCN(Cc1ccncc1)c1ncccc1C(N)=NO. The van der Waals surface area contributed by atoms with Crippen molar-refractivity contribution in [3.63, 3.8) is 0 Å². The zero-order valence-corrected chi connectivity index (χ0v) is 11.3. The molecular weight excluding hydrogens is 254 g/mol. The summed E-state index contributed by atoms with van der Waals surface area (Å²) < 4.78 is 0. The number of anilines is 1. The molecule has 3 N–H and O–H groups in total. The van der Waals surface area contributed by atoms with Crippen LogP contribution < -0.4 is 10.6 Å². The first kappa shape index (κ1) is 13.8. The molecule has 0 aromatic carbocycles. The van der Waals surface area contributed by atoms with E-state index < -0.39 is 0 Å². The Balaban J connectivity index is 2.33. The minimum atomic E-state index is 0.0567. The molecule has 0 spiro atoms. The summed E-state index contributed by atoms with van der Waals surface area (Å²) in [6.07, 6.45) is 5.21. The summed E-state index contributed by atoms with van der Waals surface area (Å²) in [5.74, 6) is 0.753. The molecule has 0 amide bonds. The number of rotatable bonds is 5. The maximum atomic E-state index is 8.87. The Labute approximate surface area is 117 Å². The summed E-state index contributed by atoms with van der Waals surface area (Å²) >= 11 is 0. The lowest BCUT2D eigenvalue weighted by Gasteiger charge is -2.24. The number of nitrogens with two attached hydrogens (primary N) is 1. The summed E-state index contributed by atoms with van der Waals surface area (Å²) in [6.45, 7) is 3.47. The van der Waals surface area contributed by atoms with E-state index in [4.69, 9.17) is 10.9 Å². The van der Waals surface area contributed by atoms with Gasteiger partial charge in [-0.2, -0.15) is 0 Å². The highest BCUT2D eigenvalue weighted by Gasteiger charge is 2.14. The Bertz CT molecular complexity index is 585. The molecule has 0 fully saturated rings. The maximum absolute atomic E-state index is 8.87. The quantitative estimate of drug-likeness (QED) is 0.373. The number of hydrogen-bond acceptors (Lipinski definition) is 5. The van der Waals surface area contributed by atoms with Crippen molar-refractivity contribution < 1.29 is 5.21 Å². The van der Waals surface area contributed by atoms with E-state index in [1.807, 2.05) is 19.1 Å². The minimum Gasteiger partial charge on any atom is -0.409 e. The number of oxime groups is 1. The van der Waals surface area contributed by atoms with Crippen LogP contribution in [0.5, 0.6) is 0 Å². The molecule has 2 heterocycles.